The van der Waals surface area contributed by atoms with E-state index in [2.05, 4.69) is 6.58 Å². The highest BCUT2D eigenvalue weighted by Crippen LogP contribution is 2.31. The Kier molecular flexibility index (Phi) is 3.13. The molecule has 2 heteroatoms. The Morgan fingerprint density at radius 1 is 1.45 bits per heavy atom. The topological polar surface area (TPSA) is 17.1 Å². The highest BCUT2D eigenvalue weighted by molar-refractivity contribution is 6.64. The molecule has 1 aliphatic rings. The molecule has 1 rings (SSSR count). The average Bonchev–Trinajstić information content (AvgIpc) is 2.04. The van der Waals surface area contributed by atoms with Gasteiger partial charge < -0.3 is 0 Å². The van der Waals surface area contributed by atoms with Crippen molar-refractivity contribution in [2.45, 2.75) is 25.7 Å². The maximum absolute atomic E-state index is 10.9. The first-order chi connectivity index (χ1) is 5.25. The Morgan fingerprint density at radius 3 is 2.55 bits per heavy atom. The summed E-state index contributed by atoms with van der Waals surface area (Å²) >= 11 is 5.44. The van der Waals surface area contributed by atoms with Crippen LogP contribution in [0, 0.1) is 11.8 Å². The van der Waals surface area contributed by atoms with E-state index in [0.717, 1.165) is 19.3 Å². The van der Waals surface area contributed by atoms with Gasteiger partial charge in [0.2, 0.25) is 5.24 Å². The van der Waals surface area contributed by atoms with Crippen molar-refractivity contribution in [1.82, 2.24) is 0 Å². The Bertz CT molecular complexity index is 165. The minimum atomic E-state index is -0.186. The van der Waals surface area contributed by atoms with Crippen LogP contribution in [0.5, 0.6) is 0 Å². The fourth-order valence-electron chi connectivity index (χ4n) is 1.72. The standard InChI is InChI=1S/C9H13ClO/c1-2-7-5-3-4-6-8(7)9(10)11/h2,7-8H,1,3-6H2/t7-,8-/m1/s1. The van der Waals surface area contributed by atoms with Crippen LogP contribution in [0.15, 0.2) is 12.7 Å². The third-order valence-electron chi connectivity index (χ3n) is 2.41. The summed E-state index contributed by atoms with van der Waals surface area (Å²) in [5, 5.41) is -0.186. The molecule has 0 bridgehead atoms. The number of rotatable bonds is 2. The van der Waals surface area contributed by atoms with Gasteiger partial charge in [-0.3, -0.25) is 4.79 Å². The minimum absolute atomic E-state index is 0.0444. The molecule has 0 unspecified atom stereocenters. The molecule has 1 fully saturated rings. The summed E-state index contributed by atoms with van der Waals surface area (Å²) in [7, 11) is 0. The van der Waals surface area contributed by atoms with Gasteiger partial charge in [-0.15, -0.1) is 6.58 Å². The molecule has 0 N–H and O–H groups in total. The van der Waals surface area contributed by atoms with Crippen LogP contribution in [0.25, 0.3) is 0 Å². The lowest BCUT2D eigenvalue weighted by molar-refractivity contribution is -0.117. The van der Waals surface area contributed by atoms with Crippen molar-refractivity contribution in [1.29, 1.82) is 0 Å². The fourth-order valence-corrected chi connectivity index (χ4v) is 1.99. The van der Waals surface area contributed by atoms with Crippen LogP contribution in [0.1, 0.15) is 25.7 Å². The van der Waals surface area contributed by atoms with Gasteiger partial charge in [-0.2, -0.15) is 0 Å². The van der Waals surface area contributed by atoms with Crippen molar-refractivity contribution < 1.29 is 4.79 Å². The summed E-state index contributed by atoms with van der Waals surface area (Å²) in [6, 6.07) is 0. The lowest BCUT2D eigenvalue weighted by Crippen LogP contribution is -2.22. The van der Waals surface area contributed by atoms with Crippen molar-refractivity contribution in [2.24, 2.45) is 11.8 Å². The van der Waals surface area contributed by atoms with Crippen LogP contribution in [0.3, 0.4) is 0 Å². The summed E-state index contributed by atoms with van der Waals surface area (Å²) in [5.74, 6) is 0.372. The van der Waals surface area contributed by atoms with Crippen LogP contribution < -0.4 is 0 Å². The second-order valence-electron chi connectivity index (χ2n) is 3.09. The van der Waals surface area contributed by atoms with Gasteiger partial charge >= 0.3 is 0 Å². The summed E-state index contributed by atoms with van der Waals surface area (Å²) < 4.78 is 0. The number of carbonyl (C=O) groups excluding carboxylic acids is 1. The number of halogens is 1. The predicted octanol–water partition coefficient (Wildman–Crippen LogP) is 2.74. The maximum Gasteiger partial charge on any atom is 0.225 e. The molecular weight excluding hydrogens is 160 g/mol. The Hall–Kier alpha value is -0.300. The van der Waals surface area contributed by atoms with Crippen molar-refractivity contribution in [2.75, 3.05) is 0 Å². The lowest BCUT2D eigenvalue weighted by Gasteiger charge is -2.25. The zero-order valence-corrected chi connectivity index (χ0v) is 7.31. The first-order valence-corrected chi connectivity index (χ1v) is 4.45. The molecule has 0 radical (unpaired) electrons. The highest BCUT2D eigenvalue weighted by Gasteiger charge is 2.27. The van der Waals surface area contributed by atoms with E-state index in [4.69, 9.17) is 11.6 Å². The van der Waals surface area contributed by atoms with Crippen molar-refractivity contribution in [3.8, 4) is 0 Å². The van der Waals surface area contributed by atoms with Gasteiger partial charge in [-0.25, -0.2) is 0 Å². The maximum atomic E-state index is 10.9. The molecule has 1 nitrogen and oxygen atoms in total. The quantitative estimate of drug-likeness (QED) is 0.463. The number of hydrogen-bond acceptors (Lipinski definition) is 1. The van der Waals surface area contributed by atoms with E-state index >= 15 is 0 Å². The van der Waals surface area contributed by atoms with Crippen LogP contribution >= 0.6 is 11.6 Å². The Morgan fingerprint density at radius 2 is 2.09 bits per heavy atom. The molecule has 62 valence electrons. The summed E-state index contributed by atoms with van der Waals surface area (Å²) in [6.07, 6.45) is 6.22. The van der Waals surface area contributed by atoms with E-state index in [1.807, 2.05) is 6.08 Å². The first-order valence-electron chi connectivity index (χ1n) is 4.07. The summed E-state index contributed by atoms with van der Waals surface area (Å²) in [5.41, 5.74) is 0. The second kappa shape index (κ2) is 3.91. The molecule has 0 saturated heterocycles. The SMILES string of the molecule is C=C[C@@H]1CCCC[C@H]1C(=O)Cl. The largest absolute Gasteiger partial charge is 0.281 e. The van der Waals surface area contributed by atoms with Gasteiger partial charge in [0, 0.05) is 5.92 Å². The third-order valence-corrected chi connectivity index (χ3v) is 2.69. The zero-order valence-electron chi connectivity index (χ0n) is 6.55. The molecule has 0 aromatic heterocycles. The monoisotopic (exact) mass is 172 g/mol. The van der Waals surface area contributed by atoms with Crippen LogP contribution in [0.4, 0.5) is 0 Å². The fraction of sp³-hybridized carbons (Fsp3) is 0.667. The van der Waals surface area contributed by atoms with Gasteiger partial charge in [-0.1, -0.05) is 18.9 Å². The van der Waals surface area contributed by atoms with Gasteiger partial charge in [0.15, 0.2) is 0 Å². The molecule has 0 heterocycles. The highest BCUT2D eigenvalue weighted by atomic mass is 35.5. The second-order valence-corrected chi connectivity index (χ2v) is 3.47. The lowest BCUT2D eigenvalue weighted by atomic mass is 9.80. The van der Waals surface area contributed by atoms with Crippen LogP contribution in [-0.4, -0.2) is 5.24 Å². The van der Waals surface area contributed by atoms with E-state index < -0.39 is 0 Å². The van der Waals surface area contributed by atoms with Gasteiger partial charge in [-0.05, 0) is 30.4 Å². The molecule has 11 heavy (non-hydrogen) atoms. The van der Waals surface area contributed by atoms with Crippen molar-refractivity contribution >= 4 is 16.8 Å². The molecule has 0 aliphatic heterocycles. The van der Waals surface area contributed by atoms with Crippen molar-refractivity contribution in [3.63, 3.8) is 0 Å². The minimum Gasteiger partial charge on any atom is -0.281 e. The summed E-state index contributed by atoms with van der Waals surface area (Å²) in [4.78, 5) is 10.9. The van der Waals surface area contributed by atoms with Gasteiger partial charge in [0.1, 0.15) is 0 Å². The Labute approximate surface area is 72.4 Å². The molecule has 1 saturated carbocycles. The average molecular weight is 173 g/mol. The molecule has 2 atom stereocenters. The van der Waals surface area contributed by atoms with E-state index in [-0.39, 0.29) is 11.2 Å². The van der Waals surface area contributed by atoms with E-state index in [0.29, 0.717) is 5.92 Å². The Balaban J connectivity index is 2.58. The molecule has 1 aliphatic carbocycles. The smallest absolute Gasteiger partial charge is 0.225 e. The van der Waals surface area contributed by atoms with E-state index in [1.165, 1.54) is 6.42 Å². The van der Waals surface area contributed by atoms with Gasteiger partial charge in [0.25, 0.3) is 0 Å². The zero-order chi connectivity index (χ0) is 8.27. The van der Waals surface area contributed by atoms with Gasteiger partial charge in [0.05, 0.1) is 0 Å². The predicted molar refractivity (Wildman–Crippen MR) is 46.5 cm³/mol. The van der Waals surface area contributed by atoms with Crippen LogP contribution in [-0.2, 0) is 4.79 Å². The third kappa shape index (κ3) is 2.06. The number of allylic oxidation sites excluding steroid dienone is 1. The molecule has 0 aromatic rings. The normalized spacial score (nSPS) is 31.4. The molecule has 0 amide bonds. The van der Waals surface area contributed by atoms with E-state index in [9.17, 15) is 4.79 Å². The molecular formula is C9H13ClO. The summed E-state index contributed by atoms with van der Waals surface area (Å²) in [6.45, 7) is 3.71. The van der Waals surface area contributed by atoms with E-state index in [1.54, 1.807) is 0 Å². The number of hydrogen-bond donors (Lipinski definition) is 0. The van der Waals surface area contributed by atoms with Crippen LogP contribution in [0.2, 0.25) is 0 Å². The molecule has 0 spiro atoms. The molecule has 0 aromatic carbocycles. The number of carbonyl (C=O) groups is 1. The van der Waals surface area contributed by atoms with Crippen molar-refractivity contribution in [3.05, 3.63) is 12.7 Å². The first kappa shape index (κ1) is 8.79.